The second kappa shape index (κ2) is 5.92. The molecule has 0 fully saturated rings. The fourth-order valence-corrected chi connectivity index (χ4v) is 1.42. The van der Waals surface area contributed by atoms with Crippen molar-refractivity contribution in [3.63, 3.8) is 0 Å². The number of aliphatic hydroxyl groups is 1. The molecule has 0 aromatic heterocycles. The molecule has 0 aliphatic heterocycles. The molecule has 0 spiro atoms. The molecule has 0 saturated carbocycles. The molecule has 0 saturated heterocycles. The predicted molar refractivity (Wildman–Crippen MR) is 56.2 cm³/mol. The number of nitrogens with zero attached hydrogens (tertiary/aromatic N) is 1. The van der Waals surface area contributed by atoms with E-state index >= 15 is 0 Å². The Balaban J connectivity index is 2.33. The molecule has 1 aliphatic rings. The highest BCUT2D eigenvalue weighted by Gasteiger charge is 2.09. The van der Waals surface area contributed by atoms with E-state index in [-0.39, 0.29) is 6.61 Å². The standard InChI is InChI=1S/C11H19NO/c1-2-3-8-12-11-6-4-10(9-13)5-7-11/h4,6,10,13H,2-3,5,7-9H2,1H3. The zero-order valence-corrected chi connectivity index (χ0v) is 8.37. The SMILES string of the molecule is CCCCN=C1C=CC(CO)CC1. The van der Waals surface area contributed by atoms with E-state index < -0.39 is 0 Å². The second-order valence-corrected chi connectivity index (χ2v) is 3.57. The Morgan fingerprint density at radius 1 is 1.62 bits per heavy atom. The van der Waals surface area contributed by atoms with Gasteiger partial charge in [-0.3, -0.25) is 4.99 Å². The summed E-state index contributed by atoms with van der Waals surface area (Å²) in [5.41, 5.74) is 1.21. The molecule has 1 unspecified atom stereocenters. The van der Waals surface area contributed by atoms with Crippen molar-refractivity contribution in [1.82, 2.24) is 0 Å². The van der Waals surface area contributed by atoms with E-state index in [0.29, 0.717) is 5.92 Å². The lowest BCUT2D eigenvalue weighted by atomic mass is 9.95. The molecule has 13 heavy (non-hydrogen) atoms. The summed E-state index contributed by atoms with van der Waals surface area (Å²) < 4.78 is 0. The first-order chi connectivity index (χ1) is 6.36. The van der Waals surface area contributed by atoms with E-state index in [1.165, 1.54) is 18.6 Å². The summed E-state index contributed by atoms with van der Waals surface area (Å²) in [6.45, 7) is 3.41. The lowest BCUT2D eigenvalue weighted by Gasteiger charge is -2.14. The van der Waals surface area contributed by atoms with Crippen molar-refractivity contribution in [2.24, 2.45) is 10.9 Å². The van der Waals surface area contributed by atoms with E-state index in [4.69, 9.17) is 5.11 Å². The van der Waals surface area contributed by atoms with Crippen molar-refractivity contribution >= 4 is 5.71 Å². The lowest BCUT2D eigenvalue weighted by Crippen LogP contribution is -2.11. The zero-order chi connectivity index (χ0) is 9.52. The number of aliphatic imine (C=N–C) groups is 1. The van der Waals surface area contributed by atoms with Gasteiger partial charge < -0.3 is 5.11 Å². The maximum absolute atomic E-state index is 8.90. The monoisotopic (exact) mass is 181 g/mol. The fourth-order valence-electron chi connectivity index (χ4n) is 1.42. The first kappa shape index (κ1) is 10.5. The zero-order valence-electron chi connectivity index (χ0n) is 8.37. The summed E-state index contributed by atoms with van der Waals surface area (Å²) in [7, 11) is 0. The second-order valence-electron chi connectivity index (χ2n) is 3.57. The molecule has 0 radical (unpaired) electrons. The van der Waals surface area contributed by atoms with Gasteiger partial charge in [-0.05, 0) is 25.3 Å². The highest BCUT2D eigenvalue weighted by atomic mass is 16.3. The van der Waals surface area contributed by atoms with Crippen LogP contribution in [-0.2, 0) is 0 Å². The molecular weight excluding hydrogens is 162 g/mol. The minimum Gasteiger partial charge on any atom is -0.396 e. The van der Waals surface area contributed by atoms with Crippen LogP contribution in [0.3, 0.4) is 0 Å². The van der Waals surface area contributed by atoms with Gasteiger partial charge >= 0.3 is 0 Å². The first-order valence-corrected chi connectivity index (χ1v) is 5.19. The van der Waals surface area contributed by atoms with Crippen molar-refractivity contribution < 1.29 is 5.11 Å². The molecule has 0 bridgehead atoms. The van der Waals surface area contributed by atoms with Gasteiger partial charge in [0.25, 0.3) is 0 Å². The number of aliphatic hydroxyl groups excluding tert-OH is 1. The quantitative estimate of drug-likeness (QED) is 0.662. The third-order valence-corrected chi connectivity index (χ3v) is 2.39. The van der Waals surface area contributed by atoms with Crippen LogP contribution in [0.15, 0.2) is 17.1 Å². The van der Waals surface area contributed by atoms with Crippen molar-refractivity contribution in [1.29, 1.82) is 0 Å². The fraction of sp³-hybridized carbons (Fsp3) is 0.727. The van der Waals surface area contributed by atoms with Crippen LogP contribution >= 0.6 is 0 Å². The highest BCUT2D eigenvalue weighted by molar-refractivity contribution is 5.95. The van der Waals surface area contributed by atoms with E-state index in [9.17, 15) is 0 Å². The van der Waals surface area contributed by atoms with Gasteiger partial charge in [-0.25, -0.2) is 0 Å². The summed E-state index contributed by atoms with van der Waals surface area (Å²) in [5, 5.41) is 8.90. The Morgan fingerprint density at radius 2 is 2.46 bits per heavy atom. The summed E-state index contributed by atoms with van der Waals surface area (Å²) in [6, 6.07) is 0. The van der Waals surface area contributed by atoms with Crippen LogP contribution in [0.5, 0.6) is 0 Å². The van der Waals surface area contributed by atoms with E-state index in [1.807, 2.05) is 0 Å². The number of hydrogen-bond donors (Lipinski definition) is 1. The number of allylic oxidation sites excluding steroid dienone is 1. The average molecular weight is 181 g/mol. The maximum Gasteiger partial charge on any atom is 0.0494 e. The van der Waals surface area contributed by atoms with Crippen LogP contribution in [0.25, 0.3) is 0 Å². The Kier molecular flexibility index (Phi) is 4.76. The molecule has 0 aromatic carbocycles. The van der Waals surface area contributed by atoms with Gasteiger partial charge in [-0.1, -0.05) is 19.4 Å². The van der Waals surface area contributed by atoms with Gasteiger partial charge in [0.15, 0.2) is 0 Å². The third kappa shape index (κ3) is 3.73. The minimum atomic E-state index is 0.277. The summed E-state index contributed by atoms with van der Waals surface area (Å²) >= 11 is 0. The van der Waals surface area contributed by atoms with Crippen LogP contribution in [0.2, 0.25) is 0 Å². The number of unbranched alkanes of at least 4 members (excludes halogenated alkanes) is 1. The van der Waals surface area contributed by atoms with Crippen molar-refractivity contribution in [3.8, 4) is 0 Å². The summed E-state index contributed by atoms with van der Waals surface area (Å²) in [5.74, 6) is 0.366. The first-order valence-electron chi connectivity index (χ1n) is 5.19. The van der Waals surface area contributed by atoms with Crippen LogP contribution in [0.4, 0.5) is 0 Å². The van der Waals surface area contributed by atoms with Gasteiger partial charge in [0.05, 0.1) is 0 Å². The molecule has 1 atom stereocenters. The normalized spacial score (nSPS) is 25.4. The minimum absolute atomic E-state index is 0.277. The summed E-state index contributed by atoms with van der Waals surface area (Å²) in [6.07, 6.45) is 8.62. The van der Waals surface area contributed by atoms with Crippen molar-refractivity contribution in [2.45, 2.75) is 32.6 Å². The van der Waals surface area contributed by atoms with Gasteiger partial charge in [-0.2, -0.15) is 0 Å². The highest BCUT2D eigenvalue weighted by Crippen LogP contribution is 2.14. The molecule has 74 valence electrons. The molecule has 1 aliphatic carbocycles. The van der Waals surface area contributed by atoms with Crippen molar-refractivity contribution in [3.05, 3.63) is 12.2 Å². The Morgan fingerprint density at radius 3 is 3.00 bits per heavy atom. The topological polar surface area (TPSA) is 32.6 Å². The smallest absolute Gasteiger partial charge is 0.0494 e. The number of rotatable bonds is 4. The van der Waals surface area contributed by atoms with Gasteiger partial charge in [0, 0.05) is 24.8 Å². The summed E-state index contributed by atoms with van der Waals surface area (Å²) in [4.78, 5) is 4.49. The third-order valence-electron chi connectivity index (χ3n) is 2.39. The van der Waals surface area contributed by atoms with Crippen LogP contribution in [0.1, 0.15) is 32.6 Å². The van der Waals surface area contributed by atoms with Gasteiger partial charge in [0.1, 0.15) is 0 Å². The van der Waals surface area contributed by atoms with Crippen LogP contribution in [0, 0.1) is 5.92 Å². The molecule has 0 aromatic rings. The Labute approximate surface area is 80.4 Å². The lowest BCUT2D eigenvalue weighted by molar-refractivity contribution is 0.246. The molecular formula is C11H19NO. The molecule has 1 N–H and O–H groups in total. The molecule has 1 rings (SSSR count). The molecule has 2 nitrogen and oxygen atoms in total. The van der Waals surface area contributed by atoms with Crippen LogP contribution in [-0.4, -0.2) is 24.0 Å². The molecule has 0 amide bonds. The van der Waals surface area contributed by atoms with Crippen molar-refractivity contribution in [2.75, 3.05) is 13.2 Å². The van der Waals surface area contributed by atoms with E-state index in [1.54, 1.807) is 0 Å². The van der Waals surface area contributed by atoms with Crippen LogP contribution < -0.4 is 0 Å². The van der Waals surface area contributed by atoms with Gasteiger partial charge in [0.2, 0.25) is 0 Å². The number of hydrogen-bond acceptors (Lipinski definition) is 2. The van der Waals surface area contributed by atoms with E-state index in [0.717, 1.165) is 19.4 Å². The van der Waals surface area contributed by atoms with E-state index in [2.05, 4.69) is 24.1 Å². The maximum atomic E-state index is 8.90. The largest absolute Gasteiger partial charge is 0.396 e. The average Bonchev–Trinajstić information content (AvgIpc) is 2.19. The molecule has 2 heteroatoms. The Hall–Kier alpha value is -0.630. The molecule has 0 heterocycles. The van der Waals surface area contributed by atoms with Gasteiger partial charge in [-0.15, -0.1) is 0 Å². The predicted octanol–water partition coefficient (Wildman–Crippen LogP) is 2.19. The Bertz CT molecular complexity index is 196.